The van der Waals surface area contributed by atoms with Crippen LogP contribution >= 0.6 is 0 Å². The van der Waals surface area contributed by atoms with Gasteiger partial charge in [0.1, 0.15) is 12.1 Å². The van der Waals surface area contributed by atoms with Crippen molar-refractivity contribution in [2.24, 2.45) is 23.7 Å². The van der Waals surface area contributed by atoms with E-state index in [1.807, 2.05) is 90.9 Å². The number of hydrogen-bond acceptors (Lipinski definition) is 9. The van der Waals surface area contributed by atoms with Crippen LogP contribution in [0.25, 0.3) is 0 Å². The van der Waals surface area contributed by atoms with E-state index in [0.717, 1.165) is 12.0 Å². The molecular weight excluding hydrogens is 729 g/mol. The molecule has 1 aliphatic rings. The molecule has 0 saturated carbocycles. The van der Waals surface area contributed by atoms with Crippen molar-refractivity contribution >= 4 is 29.5 Å². The summed E-state index contributed by atoms with van der Waals surface area (Å²) in [6, 6.07) is 6.39. The molecule has 1 aliphatic heterocycles. The van der Waals surface area contributed by atoms with Crippen LogP contribution in [-0.4, -0.2) is 146 Å². The van der Waals surface area contributed by atoms with Gasteiger partial charge < -0.3 is 40.3 Å². The SMILES string of the molecule is CC[C@H](C)[C@@H]([C@@H](CC(=O)N1CCC[C@H]1[C@H](OC)[C@@H](C)C(=O)N[C@@H](Cc1ccccc1)C(=O)NC[C@@H](C)O)OC)N(C)C(=O)[C@@H](NC(=O)[C@H](C(C)C)N(C)C)C(C)C. The number of nitrogens with one attached hydrogen (secondary N) is 3. The lowest BCUT2D eigenvalue weighted by molar-refractivity contribution is -0.148. The Bertz CT molecular complexity index is 1420. The standard InChI is InChI=1S/C43H74N6O8/c1-14-28(6)38(48(11)43(55)36(26(2)3)46-42(54)37(27(4)5)47(9)10)34(56-12)24-35(51)49-22-18-21-33(49)39(57-13)30(8)40(52)45-32(41(53)44-25-29(7)50)23-31-19-16-15-17-20-31/h15-17,19-20,26-30,32-34,36-39,50H,14,18,21-25H2,1-13H3,(H,44,53)(H,45,52)(H,46,54)/t28-,29+,30+,32-,33-,34+,36-,37-,38-,39+/m0/s1. The minimum Gasteiger partial charge on any atom is -0.392 e. The second-order valence-corrected chi connectivity index (χ2v) is 16.8. The number of carbonyl (C=O) groups excluding carboxylic acids is 5. The monoisotopic (exact) mass is 803 g/mol. The highest BCUT2D eigenvalue weighted by molar-refractivity contribution is 5.90. The van der Waals surface area contributed by atoms with E-state index in [0.29, 0.717) is 19.4 Å². The summed E-state index contributed by atoms with van der Waals surface area (Å²) >= 11 is 0. The topological polar surface area (TPSA) is 170 Å². The molecule has 1 saturated heterocycles. The molecule has 2 rings (SSSR count). The van der Waals surface area contributed by atoms with Crippen molar-refractivity contribution in [1.82, 2.24) is 30.7 Å². The minimum atomic E-state index is -0.896. The van der Waals surface area contributed by atoms with Crippen molar-refractivity contribution in [1.29, 1.82) is 0 Å². The zero-order chi connectivity index (χ0) is 43.1. The summed E-state index contributed by atoms with van der Waals surface area (Å²) in [7, 11) is 8.49. The Hall–Kier alpha value is -3.59. The Balaban J connectivity index is 2.30. The van der Waals surface area contributed by atoms with Crippen LogP contribution < -0.4 is 16.0 Å². The summed E-state index contributed by atoms with van der Waals surface area (Å²) in [6.45, 7) is 15.6. The third kappa shape index (κ3) is 14.0. The number of nitrogens with zero attached hydrogens (tertiary/aromatic N) is 3. The number of rotatable bonds is 23. The van der Waals surface area contributed by atoms with E-state index in [1.54, 1.807) is 37.8 Å². The number of benzene rings is 1. The Labute approximate surface area is 342 Å². The van der Waals surface area contributed by atoms with Crippen LogP contribution in [0.15, 0.2) is 30.3 Å². The van der Waals surface area contributed by atoms with Crippen LogP contribution in [-0.2, 0) is 39.9 Å². The highest BCUT2D eigenvalue weighted by atomic mass is 16.5. The van der Waals surface area contributed by atoms with Gasteiger partial charge in [0.15, 0.2) is 0 Å². The number of likely N-dealkylation sites (N-methyl/N-ethyl adjacent to an activating group) is 2. The second kappa shape index (κ2) is 23.7. The lowest BCUT2D eigenvalue weighted by Crippen LogP contribution is -2.59. The van der Waals surface area contributed by atoms with Gasteiger partial charge in [-0.05, 0) is 57.2 Å². The van der Waals surface area contributed by atoms with Crippen LogP contribution in [0.4, 0.5) is 0 Å². The van der Waals surface area contributed by atoms with Crippen molar-refractivity contribution < 1.29 is 38.6 Å². The molecule has 4 N–H and O–H groups in total. The van der Waals surface area contributed by atoms with E-state index >= 15 is 0 Å². The summed E-state index contributed by atoms with van der Waals surface area (Å²) in [5, 5.41) is 18.4. The van der Waals surface area contributed by atoms with Gasteiger partial charge in [0.25, 0.3) is 0 Å². The highest BCUT2D eigenvalue weighted by Gasteiger charge is 2.43. The molecule has 0 unspecified atom stereocenters. The lowest BCUT2D eigenvalue weighted by atomic mass is 9.89. The summed E-state index contributed by atoms with van der Waals surface area (Å²) in [5.41, 5.74) is 0.864. The molecule has 10 atom stereocenters. The average Bonchev–Trinajstić information content (AvgIpc) is 3.64. The van der Waals surface area contributed by atoms with Gasteiger partial charge in [0.2, 0.25) is 29.5 Å². The summed E-state index contributed by atoms with van der Waals surface area (Å²) in [6.07, 6.45) is 0.227. The predicted octanol–water partition coefficient (Wildman–Crippen LogP) is 2.86. The van der Waals surface area contributed by atoms with E-state index in [4.69, 9.17) is 9.47 Å². The number of hydrogen-bond donors (Lipinski definition) is 4. The van der Waals surface area contributed by atoms with E-state index in [1.165, 1.54) is 7.11 Å². The number of likely N-dealkylation sites (tertiary alicyclic amines) is 1. The van der Waals surface area contributed by atoms with Gasteiger partial charge in [-0.1, -0.05) is 85.2 Å². The fourth-order valence-electron chi connectivity index (χ4n) is 8.15. The molecule has 14 heteroatoms. The molecule has 0 aliphatic carbocycles. The van der Waals surface area contributed by atoms with Gasteiger partial charge >= 0.3 is 0 Å². The maximum atomic E-state index is 14.3. The number of amides is 5. The summed E-state index contributed by atoms with van der Waals surface area (Å²) < 4.78 is 12.0. The molecule has 1 fully saturated rings. The Morgan fingerprint density at radius 1 is 0.877 bits per heavy atom. The molecule has 0 aromatic heterocycles. The largest absolute Gasteiger partial charge is 0.392 e. The zero-order valence-corrected chi connectivity index (χ0v) is 36.9. The smallest absolute Gasteiger partial charge is 0.245 e. The number of carbonyl (C=O) groups is 5. The Kier molecular flexibility index (Phi) is 20.6. The summed E-state index contributed by atoms with van der Waals surface area (Å²) in [5.74, 6) is -2.36. The number of aliphatic hydroxyl groups excluding tert-OH is 1. The summed E-state index contributed by atoms with van der Waals surface area (Å²) in [4.78, 5) is 74.3. The normalized spacial score (nSPS) is 19.2. The first-order valence-electron chi connectivity index (χ1n) is 20.7. The predicted molar refractivity (Wildman–Crippen MR) is 222 cm³/mol. The van der Waals surface area contributed by atoms with Crippen LogP contribution in [0.1, 0.15) is 86.6 Å². The third-order valence-electron chi connectivity index (χ3n) is 11.4. The fourth-order valence-corrected chi connectivity index (χ4v) is 8.15. The second-order valence-electron chi connectivity index (χ2n) is 16.8. The molecule has 57 heavy (non-hydrogen) atoms. The lowest BCUT2D eigenvalue weighted by Gasteiger charge is -2.41. The zero-order valence-electron chi connectivity index (χ0n) is 36.9. The quantitative estimate of drug-likeness (QED) is 0.130. The van der Waals surface area contributed by atoms with Crippen molar-refractivity contribution in [3.63, 3.8) is 0 Å². The molecule has 14 nitrogen and oxygen atoms in total. The van der Waals surface area contributed by atoms with E-state index < -0.39 is 66.3 Å². The number of methoxy groups -OCH3 is 2. The first-order valence-corrected chi connectivity index (χ1v) is 20.7. The Morgan fingerprint density at radius 3 is 2.02 bits per heavy atom. The third-order valence-corrected chi connectivity index (χ3v) is 11.4. The average molecular weight is 803 g/mol. The van der Waals surface area contributed by atoms with Crippen LogP contribution in [0.2, 0.25) is 0 Å². The van der Waals surface area contributed by atoms with Crippen LogP contribution in [0, 0.1) is 23.7 Å². The van der Waals surface area contributed by atoms with Crippen molar-refractivity contribution in [2.45, 2.75) is 136 Å². The van der Waals surface area contributed by atoms with Crippen molar-refractivity contribution in [3.05, 3.63) is 35.9 Å². The van der Waals surface area contributed by atoms with Gasteiger partial charge in [-0.25, -0.2) is 0 Å². The maximum Gasteiger partial charge on any atom is 0.245 e. The molecule has 1 aromatic carbocycles. The number of ether oxygens (including phenoxy) is 2. The van der Waals surface area contributed by atoms with Crippen molar-refractivity contribution in [3.8, 4) is 0 Å². The molecule has 5 amide bonds. The van der Waals surface area contributed by atoms with Gasteiger partial charge in [0.05, 0.1) is 48.8 Å². The highest BCUT2D eigenvalue weighted by Crippen LogP contribution is 2.30. The molecular formula is C43H74N6O8. The molecule has 1 heterocycles. The molecule has 0 bridgehead atoms. The van der Waals surface area contributed by atoms with E-state index in [9.17, 15) is 29.1 Å². The minimum absolute atomic E-state index is 0.00596. The first kappa shape index (κ1) is 49.6. The molecule has 0 radical (unpaired) electrons. The molecule has 0 spiro atoms. The van der Waals surface area contributed by atoms with Gasteiger partial charge in [-0.3, -0.25) is 28.9 Å². The maximum absolute atomic E-state index is 14.3. The van der Waals surface area contributed by atoms with E-state index in [-0.39, 0.29) is 54.9 Å². The van der Waals surface area contributed by atoms with Crippen LogP contribution in [0.3, 0.4) is 0 Å². The van der Waals surface area contributed by atoms with Gasteiger partial charge in [0, 0.05) is 40.8 Å². The Morgan fingerprint density at radius 2 is 1.51 bits per heavy atom. The first-order chi connectivity index (χ1) is 26.8. The fraction of sp³-hybridized carbons (Fsp3) is 0.744. The number of aliphatic hydroxyl groups is 1. The van der Waals surface area contributed by atoms with Gasteiger partial charge in [-0.2, -0.15) is 0 Å². The van der Waals surface area contributed by atoms with Crippen LogP contribution in [0.5, 0.6) is 0 Å². The molecule has 324 valence electrons. The van der Waals surface area contributed by atoms with Gasteiger partial charge in [-0.15, -0.1) is 0 Å². The van der Waals surface area contributed by atoms with E-state index in [2.05, 4.69) is 16.0 Å². The molecule has 1 aromatic rings. The van der Waals surface area contributed by atoms with Crippen molar-refractivity contribution in [2.75, 3.05) is 48.5 Å².